The van der Waals surface area contributed by atoms with Gasteiger partial charge >= 0.3 is 0 Å². The Kier molecular flexibility index (Phi) is 5.63. The van der Waals surface area contributed by atoms with Gasteiger partial charge in [-0.25, -0.2) is 0 Å². The Bertz CT molecular complexity index is 599. The fraction of sp³-hybridized carbons (Fsp3) is 0.188. The SMILES string of the molecule is COc1cc(Br)cc(C=O)c1OCCOc1ccccc1. The van der Waals surface area contributed by atoms with Crippen molar-refractivity contribution in [2.75, 3.05) is 20.3 Å². The lowest BCUT2D eigenvalue weighted by Crippen LogP contribution is -2.10. The van der Waals surface area contributed by atoms with E-state index in [1.54, 1.807) is 12.1 Å². The number of carbonyl (C=O) groups excluding carboxylic acids is 1. The highest BCUT2D eigenvalue weighted by atomic mass is 79.9. The molecule has 0 amide bonds. The van der Waals surface area contributed by atoms with E-state index in [0.29, 0.717) is 30.3 Å². The summed E-state index contributed by atoms with van der Waals surface area (Å²) >= 11 is 3.32. The molecular weight excluding hydrogens is 336 g/mol. The first kappa shape index (κ1) is 15.4. The monoisotopic (exact) mass is 350 g/mol. The third-order valence-electron chi connectivity index (χ3n) is 2.74. The second kappa shape index (κ2) is 7.69. The van der Waals surface area contributed by atoms with E-state index in [4.69, 9.17) is 14.2 Å². The van der Waals surface area contributed by atoms with Crippen molar-refractivity contribution in [1.29, 1.82) is 0 Å². The first-order chi connectivity index (χ1) is 10.2. The first-order valence-electron chi connectivity index (χ1n) is 6.38. The summed E-state index contributed by atoms with van der Waals surface area (Å²) in [6.07, 6.45) is 0.737. The first-order valence-corrected chi connectivity index (χ1v) is 7.17. The molecule has 21 heavy (non-hydrogen) atoms. The van der Waals surface area contributed by atoms with Gasteiger partial charge in [0.25, 0.3) is 0 Å². The molecule has 0 saturated carbocycles. The topological polar surface area (TPSA) is 44.8 Å². The molecule has 0 heterocycles. The molecular formula is C16H15BrO4. The van der Waals surface area contributed by atoms with Gasteiger partial charge in [0.15, 0.2) is 17.8 Å². The third kappa shape index (κ3) is 4.23. The maximum Gasteiger partial charge on any atom is 0.171 e. The highest BCUT2D eigenvalue weighted by molar-refractivity contribution is 9.10. The van der Waals surface area contributed by atoms with Crippen LogP contribution in [0.3, 0.4) is 0 Å². The van der Waals surface area contributed by atoms with Crippen LogP contribution in [0.5, 0.6) is 17.2 Å². The van der Waals surface area contributed by atoms with Crippen LogP contribution in [-0.2, 0) is 0 Å². The van der Waals surface area contributed by atoms with Crippen LogP contribution in [0.4, 0.5) is 0 Å². The molecule has 5 heteroatoms. The van der Waals surface area contributed by atoms with Crippen LogP contribution < -0.4 is 14.2 Å². The fourth-order valence-corrected chi connectivity index (χ4v) is 2.26. The van der Waals surface area contributed by atoms with Gasteiger partial charge in [-0.2, -0.15) is 0 Å². The number of aldehydes is 1. The van der Waals surface area contributed by atoms with E-state index in [2.05, 4.69) is 15.9 Å². The number of hydrogen-bond donors (Lipinski definition) is 0. The zero-order valence-electron chi connectivity index (χ0n) is 11.5. The predicted molar refractivity (Wildman–Crippen MR) is 83.5 cm³/mol. The molecule has 0 bridgehead atoms. The molecule has 0 saturated heterocycles. The maximum absolute atomic E-state index is 11.1. The average Bonchev–Trinajstić information content (AvgIpc) is 2.52. The largest absolute Gasteiger partial charge is 0.493 e. The summed E-state index contributed by atoms with van der Waals surface area (Å²) in [5, 5.41) is 0. The molecule has 0 atom stereocenters. The van der Waals surface area contributed by atoms with Crippen molar-refractivity contribution in [3.05, 3.63) is 52.5 Å². The molecule has 0 aromatic heterocycles. The van der Waals surface area contributed by atoms with Crippen molar-refractivity contribution in [3.63, 3.8) is 0 Å². The minimum absolute atomic E-state index is 0.313. The van der Waals surface area contributed by atoms with Crippen LogP contribution in [0, 0.1) is 0 Å². The van der Waals surface area contributed by atoms with Crippen LogP contribution >= 0.6 is 15.9 Å². The van der Waals surface area contributed by atoms with Gasteiger partial charge in [0.2, 0.25) is 0 Å². The molecule has 2 aromatic rings. The second-order valence-corrected chi connectivity index (χ2v) is 5.07. The summed E-state index contributed by atoms with van der Waals surface area (Å²) in [6, 6.07) is 12.9. The summed E-state index contributed by atoms with van der Waals surface area (Å²) in [6.45, 7) is 0.690. The van der Waals surface area contributed by atoms with Gasteiger partial charge in [-0.05, 0) is 24.3 Å². The Balaban J connectivity index is 1.98. The number of halogens is 1. The lowest BCUT2D eigenvalue weighted by atomic mass is 10.2. The fourth-order valence-electron chi connectivity index (χ4n) is 1.80. The highest BCUT2D eigenvalue weighted by Crippen LogP contribution is 2.33. The van der Waals surface area contributed by atoms with Crippen LogP contribution in [-0.4, -0.2) is 26.6 Å². The minimum atomic E-state index is 0.313. The number of rotatable bonds is 7. The molecule has 0 aliphatic heterocycles. The van der Waals surface area contributed by atoms with E-state index in [-0.39, 0.29) is 0 Å². The molecule has 0 radical (unpaired) electrons. The summed E-state index contributed by atoms with van der Waals surface area (Å²) in [5.74, 6) is 1.71. The van der Waals surface area contributed by atoms with Crippen LogP contribution in [0.2, 0.25) is 0 Å². The Morgan fingerprint density at radius 3 is 2.48 bits per heavy atom. The van der Waals surface area contributed by atoms with E-state index in [1.807, 2.05) is 30.3 Å². The summed E-state index contributed by atoms with van der Waals surface area (Å²) in [7, 11) is 1.53. The van der Waals surface area contributed by atoms with E-state index in [1.165, 1.54) is 7.11 Å². The van der Waals surface area contributed by atoms with Gasteiger partial charge < -0.3 is 14.2 Å². The molecule has 0 spiro atoms. The molecule has 0 fully saturated rings. The quantitative estimate of drug-likeness (QED) is 0.563. The van der Waals surface area contributed by atoms with Gasteiger partial charge in [-0.3, -0.25) is 4.79 Å². The maximum atomic E-state index is 11.1. The lowest BCUT2D eigenvalue weighted by Gasteiger charge is -2.13. The van der Waals surface area contributed by atoms with Gasteiger partial charge in [-0.1, -0.05) is 34.1 Å². The lowest BCUT2D eigenvalue weighted by molar-refractivity contribution is 0.111. The van der Waals surface area contributed by atoms with E-state index in [0.717, 1.165) is 16.5 Å². The molecule has 2 aromatic carbocycles. The van der Waals surface area contributed by atoms with Crippen molar-refractivity contribution in [3.8, 4) is 17.2 Å². The standard InChI is InChI=1S/C16H15BrO4/c1-19-15-10-13(17)9-12(11-18)16(15)21-8-7-20-14-5-3-2-4-6-14/h2-6,9-11H,7-8H2,1H3. The molecule has 0 aliphatic carbocycles. The number of hydrogen-bond acceptors (Lipinski definition) is 4. The second-order valence-electron chi connectivity index (χ2n) is 4.15. The highest BCUT2D eigenvalue weighted by Gasteiger charge is 2.12. The van der Waals surface area contributed by atoms with Gasteiger partial charge in [0.1, 0.15) is 19.0 Å². The Morgan fingerprint density at radius 2 is 1.81 bits per heavy atom. The Hall–Kier alpha value is -2.01. The normalized spacial score (nSPS) is 10.0. The molecule has 0 N–H and O–H groups in total. The van der Waals surface area contributed by atoms with E-state index in [9.17, 15) is 4.79 Å². The molecule has 110 valence electrons. The van der Waals surface area contributed by atoms with Crippen molar-refractivity contribution in [2.24, 2.45) is 0 Å². The summed E-state index contributed by atoms with van der Waals surface area (Å²) in [4.78, 5) is 11.1. The van der Waals surface area contributed by atoms with Crippen LogP contribution in [0.1, 0.15) is 10.4 Å². The number of carbonyl (C=O) groups is 1. The van der Waals surface area contributed by atoms with E-state index >= 15 is 0 Å². The number of methoxy groups -OCH3 is 1. The zero-order valence-corrected chi connectivity index (χ0v) is 13.1. The van der Waals surface area contributed by atoms with Crippen molar-refractivity contribution in [2.45, 2.75) is 0 Å². The molecule has 0 unspecified atom stereocenters. The Morgan fingerprint density at radius 1 is 1.10 bits per heavy atom. The molecule has 2 rings (SSSR count). The van der Waals surface area contributed by atoms with E-state index < -0.39 is 0 Å². The Labute approximate surface area is 131 Å². The number of para-hydroxylation sites is 1. The van der Waals surface area contributed by atoms with Gasteiger partial charge in [0.05, 0.1) is 12.7 Å². The van der Waals surface area contributed by atoms with Crippen molar-refractivity contribution in [1.82, 2.24) is 0 Å². The summed E-state index contributed by atoms with van der Waals surface area (Å²) in [5.41, 5.74) is 0.431. The third-order valence-corrected chi connectivity index (χ3v) is 3.19. The number of ether oxygens (including phenoxy) is 3. The van der Waals surface area contributed by atoms with Crippen LogP contribution in [0.25, 0.3) is 0 Å². The van der Waals surface area contributed by atoms with Crippen LogP contribution in [0.15, 0.2) is 46.9 Å². The minimum Gasteiger partial charge on any atom is -0.493 e. The molecule has 4 nitrogen and oxygen atoms in total. The summed E-state index contributed by atoms with van der Waals surface area (Å²) < 4.78 is 17.1. The molecule has 0 aliphatic rings. The average molecular weight is 351 g/mol. The number of benzene rings is 2. The van der Waals surface area contributed by atoms with Gasteiger partial charge in [-0.15, -0.1) is 0 Å². The van der Waals surface area contributed by atoms with Gasteiger partial charge in [0, 0.05) is 4.47 Å². The predicted octanol–water partition coefficient (Wildman–Crippen LogP) is 3.73. The smallest absolute Gasteiger partial charge is 0.171 e. The van der Waals surface area contributed by atoms with Crippen molar-refractivity contribution < 1.29 is 19.0 Å². The van der Waals surface area contributed by atoms with Crippen molar-refractivity contribution >= 4 is 22.2 Å². The zero-order chi connectivity index (χ0) is 15.1.